The molecule has 0 spiro atoms. The molecule has 7 heteroatoms. The number of nitrogens with zero attached hydrogens (tertiary/aromatic N) is 2. The number of hydrogen-bond acceptors (Lipinski definition) is 4. The monoisotopic (exact) mass is 205 g/mol. The Bertz CT molecular complexity index is 343. The van der Waals surface area contributed by atoms with Gasteiger partial charge >= 0.3 is 0 Å². The fraction of sp³-hybridized carbons (Fsp3) is 0.500. The van der Waals surface area contributed by atoms with E-state index in [9.17, 15) is 8.42 Å². The van der Waals surface area contributed by atoms with Crippen molar-refractivity contribution in [1.82, 2.24) is 14.0 Å². The van der Waals surface area contributed by atoms with Gasteiger partial charge < -0.3 is 4.42 Å². The molecule has 1 aromatic heterocycles. The van der Waals surface area contributed by atoms with E-state index in [1.54, 1.807) is 0 Å². The molecule has 1 aromatic rings. The molecule has 0 atom stereocenters. The Morgan fingerprint density at radius 2 is 2.31 bits per heavy atom. The smallest absolute Gasteiger partial charge is 0.279 e. The van der Waals surface area contributed by atoms with Gasteiger partial charge in [-0.2, -0.15) is 17.4 Å². The Morgan fingerprint density at radius 3 is 2.77 bits per heavy atom. The van der Waals surface area contributed by atoms with Crippen molar-refractivity contribution in [2.45, 2.75) is 6.54 Å². The van der Waals surface area contributed by atoms with Crippen LogP contribution >= 0.6 is 0 Å². The summed E-state index contributed by atoms with van der Waals surface area (Å²) in [7, 11) is -0.474. The van der Waals surface area contributed by atoms with E-state index in [0.717, 1.165) is 4.31 Å². The predicted octanol–water partition coefficient (Wildman–Crippen LogP) is -0.429. The number of hydrogen-bond donors (Lipinski definition) is 1. The van der Waals surface area contributed by atoms with Gasteiger partial charge in [0.05, 0.1) is 12.2 Å². The zero-order chi connectivity index (χ0) is 9.90. The lowest BCUT2D eigenvalue weighted by Crippen LogP contribution is -2.35. The molecular weight excluding hydrogens is 194 g/mol. The summed E-state index contributed by atoms with van der Waals surface area (Å²) in [6.45, 7) is 0.136. The van der Waals surface area contributed by atoms with E-state index in [2.05, 4.69) is 14.1 Å². The van der Waals surface area contributed by atoms with Crippen molar-refractivity contribution in [3.63, 3.8) is 0 Å². The lowest BCUT2D eigenvalue weighted by Gasteiger charge is -2.10. The van der Waals surface area contributed by atoms with E-state index in [1.165, 1.54) is 26.8 Å². The highest BCUT2D eigenvalue weighted by Crippen LogP contribution is 1.96. The minimum absolute atomic E-state index is 0.136. The van der Waals surface area contributed by atoms with Crippen LogP contribution in [-0.2, 0) is 16.8 Å². The number of rotatable bonds is 4. The maximum Gasteiger partial charge on any atom is 0.279 e. The van der Waals surface area contributed by atoms with Gasteiger partial charge in [0.1, 0.15) is 6.26 Å². The molecule has 1 heterocycles. The summed E-state index contributed by atoms with van der Waals surface area (Å²) in [5.41, 5.74) is 0.547. The molecule has 6 nitrogen and oxygen atoms in total. The average molecular weight is 205 g/mol. The van der Waals surface area contributed by atoms with Crippen molar-refractivity contribution in [3.8, 4) is 0 Å². The molecule has 0 radical (unpaired) electrons. The molecule has 0 unspecified atom stereocenters. The maximum atomic E-state index is 11.2. The van der Waals surface area contributed by atoms with E-state index >= 15 is 0 Å². The van der Waals surface area contributed by atoms with Crippen molar-refractivity contribution in [2.75, 3.05) is 14.1 Å². The molecule has 0 aromatic carbocycles. The molecule has 0 amide bonds. The summed E-state index contributed by atoms with van der Waals surface area (Å²) < 4.78 is 30.5. The molecule has 0 saturated carbocycles. The van der Waals surface area contributed by atoms with Crippen molar-refractivity contribution < 1.29 is 12.8 Å². The first kappa shape index (κ1) is 10.2. The zero-order valence-electron chi connectivity index (χ0n) is 7.39. The Morgan fingerprint density at radius 1 is 1.62 bits per heavy atom. The molecular formula is C6H11N3O3S. The van der Waals surface area contributed by atoms with Crippen LogP contribution in [0, 0.1) is 0 Å². The summed E-state index contributed by atoms with van der Waals surface area (Å²) in [6, 6.07) is 0. The summed E-state index contributed by atoms with van der Waals surface area (Å²) in [6.07, 6.45) is 2.64. The van der Waals surface area contributed by atoms with Gasteiger partial charge in [-0.3, -0.25) is 0 Å². The second-order valence-corrected chi connectivity index (χ2v) is 4.56. The topological polar surface area (TPSA) is 75.4 Å². The first-order valence-corrected chi connectivity index (χ1v) is 5.00. The number of oxazole rings is 1. The van der Waals surface area contributed by atoms with Crippen LogP contribution < -0.4 is 4.72 Å². The molecule has 0 fully saturated rings. The molecule has 1 rings (SSSR count). The van der Waals surface area contributed by atoms with E-state index in [0.29, 0.717) is 5.69 Å². The van der Waals surface area contributed by atoms with E-state index in [4.69, 9.17) is 0 Å². The Hall–Kier alpha value is -0.920. The zero-order valence-corrected chi connectivity index (χ0v) is 8.21. The molecule has 0 aliphatic carbocycles. The summed E-state index contributed by atoms with van der Waals surface area (Å²) in [4.78, 5) is 3.77. The normalized spacial score (nSPS) is 12.2. The van der Waals surface area contributed by atoms with Gasteiger partial charge in [0.25, 0.3) is 10.2 Å². The number of nitrogens with one attached hydrogen (secondary N) is 1. The molecule has 1 N–H and O–H groups in total. The number of aromatic nitrogens is 1. The second-order valence-electron chi connectivity index (χ2n) is 2.59. The first-order valence-electron chi connectivity index (χ1n) is 3.56. The van der Waals surface area contributed by atoms with Crippen LogP contribution in [0.4, 0.5) is 0 Å². The summed E-state index contributed by atoms with van der Waals surface area (Å²) >= 11 is 0. The minimum atomic E-state index is -3.37. The van der Waals surface area contributed by atoms with Gasteiger partial charge in [0.15, 0.2) is 6.39 Å². The largest absolute Gasteiger partial charge is 0.451 e. The van der Waals surface area contributed by atoms with E-state index in [1.807, 2.05) is 0 Å². The lowest BCUT2D eigenvalue weighted by molar-refractivity contribution is 0.504. The van der Waals surface area contributed by atoms with Crippen LogP contribution in [0.3, 0.4) is 0 Å². The van der Waals surface area contributed by atoms with Crippen LogP contribution in [0.2, 0.25) is 0 Å². The molecule has 0 saturated heterocycles. The van der Waals surface area contributed by atoms with Crippen molar-refractivity contribution >= 4 is 10.2 Å². The third-order valence-corrected chi connectivity index (χ3v) is 2.87. The Kier molecular flexibility index (Phi) is 3.02. The fourth-order valence-electron chi connectivity index (χ4n) is 0.619. The predicted molar refractivity (Wildman–Crippen MR) is 45.9 cm³/mol. The SMILES string of the molecule is CN(C)S(=O)(=O)NCc1cocn1. The molecule has 13 heavy (non-hydrogen) atoms. The van der Waals surface area contributed by atoms with E-state index in [-0.39, 0.29) is 6.54 Å². The molecule has 0 aliphatic rings. The minimum Gasteiger partial charge on any atom is -0.451 e. The molecule has 74 valence electrons. The fourth-order valence-corrected chi connectivity index (χ4v) is 1.21. The van der Waals surface area contributed by atoms with Gasteiger partial charge in [-0.25, -0.2) is 4.98 Å². The van der Waals surface area contributed by atoms with Gasteiger partial charge in [0.2, 0.25) is 0 Å². The first-order chi connectivity index (χ1) is 6.02. The third-order valence-electron chi connectivity index (χ3n) is 1.40. The summed E-state index contributed by atoms with van der Waals surface area (Å²) in [5.74, 6) is 0. The lowest BCUT2D eigenvalue weighted by atomic mass is 10.5. The van der Waals surface area contributed by atoms with Crippen LogP contribution in [0.15, 0.2) is 17.1 Å². The van der Waals surface area contributed by atoms with Gasteiger partial charge in [0, 0.05) is 14.1 Å². The van der Waals surface area contributed by atoms with Crippen LogP contribution in [0.1, 0.15) is 5.69 Å². The maximum absolute atomic E-state index is 11.2. The van der Waals surface area contributed by atoms with Gasteiger partial charge in [-0.15, -0.1) is 0 Å². The Balaban J connectivity index is 2.53. The van der Waals surface area contributed by atoms with Crippen molar-refractivity contribution in [2.24, 2.45) is 0 Å². The molecule has 0 bridgehead atoms. The quantitative estimate of drug-likeness (QED) is 0.723. The van der Waals surface area contributed by atoms with E-state index < -0.39 is 10.2 Å². The Labute approximate surface area is 76.7 Å². The second kappa shape index (κ2) is 3.86. The van der Waals surface area contributed by atoms with Crippen molar-refractivity contribution in [1.29, 1.82) is 0 Å². The van der Waals surface area contributed by atoms with Gasteiger partial charge in [-0.1, -0.05) is 0 Å². The van der Waals surface area contributed by atoms with Gasteiger partial charge in [-0.05, 0) is 0 Å². The highest BCUT2D eigenvalue weighted by atomic mass is 32.2. The average Bonchev–Trinajstić information content (AvgIpc) is 2.52. The highest BCUT2D eigenvalue weighted by Gasteiger charge is 2.12. The van der Waals surface area contributed by atoms with Crippen LogP contribution in [0.5, 0.6) is 0 Å². The standard InChI is InChI=1S/C6H11N3O3S/c1-9(2)13(10,11)8-3-6-4-12-5-7-6/h4-5,8H,3H2,1-2H3. The van der Waals surface area contributed by atoms with Crippen LogP contribution in [0.25, 0.3) is 0 Å². The summed E-state index contributed by atoms with van der Waals surface area (Å²) in [5, 5.41) is 0. The van der Waals surface area contributed by atoms with Crippen LogP contribution in [-0.4, -0.2) is 31.8 Å². The van der Waals surface area contributed by atoms with Crippen molar-refractivity contribution in [3.05, 3.63) is 18.4 Å². The third kappa shape index (κ3) is 2.79. The molecule has 0 aliphatic heterocycles. The highest BCUT2D eigenvalue weighted by molar-refractivity contribution is 7.87.